The Kier molecular flexibility index (Phi) is 7.35. The van der Waals surface area contributed by atoms with Crippen molar-refractivity contribution in [2.24, 2.45) is 0 Å². The Morgan fingerprint density at radius 1 is 1.10 bits per heavy atom. The third kappa shape index (κ3) is 5.84. The molecule has 0 aliphatic rings. The molecule has 0 atom stereocenters. The lowest BCUT2D eigenvalue weighted by Gasteiger charge is -2.09. The predicted molar refractivity (Wildman–Crippen MR) is 74.0 cm³/mol. The topological polar surface area (TPSA) is 61.8 Å². The summed E-state index contributed by atoms with van der Waals surface area (Å²) in [5, 5.41) is 0. The van der Waals surface area contributed by atoms with E-state index in [0.29, 0.717) is 24.5 Å². The van der Waals surface area contributed by atoms with Gasteiger partial charge in [-0.1, -0.05) is 19.1 Å². The van der Waals surface area contributed by atoms with Gasteiger partial charge in [0, 0.05) is 6.61 Å². The third-order valence-electron chi connectivity index (χ3n) is 2.45. The molecule has 0 unspecified atom stereocenters. The van der Waals surface area contributed by atoms with E-state index in [-0.39, 0.29) is 19.0 Å². The summed E-state index contributed by atoms with van der Waals surface area (Å²) >= 11 is 0. The second-order valence-electron chi connectivity index (χ2n) is 4.17. The third-order valence-corrected chi connectivity index (χ3v) is 2.45. The van der Waals surface area contributed by atoms with Crippen LogP contribution in [0, 0.1) is 0 Å². The van der Waals surface area contributed by atoms with E-state index in [4.69, 9.17) is 14.2 Å². The first-order valence-corrected chi connectivity index (χ1v) is 6.61. The number of esters is 1. The molecule has 0 aliphatic carbocycles. The first-order chi connectivity index (χ1) is 9.65. The summed E-state index contributed by atoms with van der Waals surface area (Å²) in [5.74, 6) is -0.204. The van der Waals surface area contributed by atoms with Crippen LogP contribution < -0.4 is 4.74 Å². The lowest BCUT2D eigenvalue weighted by Crippen LogP contribution is -2.18. The molecule has 0 aliphatic heterocycles. The predicted octanol–water partition coefficient (Wildman–Crippen LogP) is 2.24. The molecule has 1 aromatic rings. The zero-order valence-electron chi connectivity index (χ0n) is 11.9. The minimum absolute atomic E-state index is 0.109. The van der Waals surface area contributed by atoms with Crippen LogP contribution in [-0.2, 0) is 14.3 Å². The molecule has 0 bridgehead atoms. The van der Waals surface area contributed by atoms with Crippen molar-refractivity contribution >= 4 is 11.8 Å². The molecule has 5 nitrogen and oxygen atoms in total. The van der Waals surface area contributed by atoms with E-state index in [1.807, 2.05) is 6.92 Å². The summed E-state index contributed by atoms with van der Waals surface area (Å²) in [6, 6.07) is 6.79. The minimum Gasteiger partial charge on any atom is -0.481 e. The van der Waals surface area contributed by atoms with Crippen molar-refractivity contribution < 1.29 is 23.8 Å². The summed E-state index contributed by atoms with van der Waals surface area (Å²) in [4.78, 5) is 22.8. The van der Waals surface area contributed by atoms with Crippen LogP contribution in [0.4, 0.5) is 0 Å². The molecular weight excluding hydrogens is 260 g/mol. The molecule has 0 spiro atoms. The van der Waals surface area contributed by atoms with Crippen molar-refractivity contribution in [1.82, 2.24) is 0 Å². The Morgan fingerprint density at radius 3 is 2.55 bits per heavy atom. The number of para-hydroxylation sites is 1. The Hall–Kier alpha value is -1.88. The highest BCUT2D eigenvalue weighted by molar-refractivity contribution is 5.96. The molecule has 0 fully saturated rings. The maximum Gasteiger partial charge on any atom is 0.344 e. The van der Waals surface area contributed by atoms with E-state index in [2.05, 4.69) is 0 Å². The van der Waals surface area contributed by atoms with Crippen LogP contribution in [-0.4, -0.2) is 38.2 Å². The van der Waals surface area contributed by atoms with Gasteiger partial charge in [-0.05, 0) is 25.5 Å². The van der Waals surface area contributed by atoms with Gasteiger partial charge in [0.05, 0.1) is 12.2 Å². The Bertz CT molecular complexity index is 442. The Labute approximate surface area is 118 Å². The number of rotatable bonds is 9. The van der Waals surface area contributed by atoms with Crippen LogP contribution >= 0.6 is 0 Å². The number of hydrogen-bond donors (Lipinski definition) is 0. The van der Waals surface area contributed by atoms with Crippen molar-refractivity contribution in [2.45, 2.75) is 20.3 Å². The highest BCUT2D eigenvalue weighted by atomic mass is 16.6. The van der Waals surface area contributed by atoms with Gasteiger partial charge in [0.2, 0.25) is 0 Å². The number of ether oxygens (including phenoxy) is 3. The normalized spacial score (nSPS) is 10.1. The summed E-state index contributed by atoms with van der Waals surface area (Å²) in [7, 11) is 0. The number of carbonyl (C=O) groups is 2. The van der Waals surface area contributed by atoms with Gasteiger partial charge in [-0.15, -0.1) is 0 Å². The summed E-state index contributed by atoms with van der Waals surface area (Å²) in [6.45, 7) is 4.47. The zero-order chi connectivity index (χ0) is 14.8. The van der Waals surface area contributed by atoms with Crippen LogP contribution in [0.3, 0.4) is 0 Å². The number of hydrogen-bond acceptors (Lipinski definition) is 5. The average molecular weight is 280 g/mol. The fourth-order valence-electron chi connectivity index (χ4n) is 1.52. The van der Waals surface area contributed by atoms with Gasteiger partial charge in [-0.3, -0.25) is 4.79 Å². The maximum absolute atomic E-state index is 11.4. The van der Waals surface area contributed by atoms with Gasteiger partial charge in [0.15, 0.2) is 12.4 Å². The molecule has 0 saturated carbocycles. The van der Waals surface area contributed by atoms with Crippen molar-refractivity contribution in [3.05, 3.63) is 29.8 Å². The molecule has 1 aromatic carbocycles. The van der Waals surface area contributed by atoms with E-state index in [9.17, 15) is 9.59 Å². The second-order valence-corrected chi connectivity index (χ2v) is 4.17. The quantitative estimate of drug-likeness (QED) is 0.394. The van der Waals surface area contributed by atoms with Gasteiger partial charge in [0.1, 0.15) is 12.4 Å². The molecule has 1 rings (SSSR count). The largest absolute Gasteiger partial charge is 0.481 e. The molecular formula is C15H20O5. The zero-order valence-corrected chi connectivity index (χ0v) is 11.9. The van der Waals surface area contributed by atoms with Crippen molar-refractivity contribution in [3.8, 4) is 5.75 Å². The number of benzene rings is 1. The highest BCUT2D eigenvalue weighted by Crippen LogP contribution is 2.18. The highest BCUT2D eigenvalue weighted by Gasteiger charge is 2.10. The lowest BCUT2D eigenvalue weighted by atomic mass is 10.1. The van der Waals surface area contributed by atoms with E-state index in [1.54, 1.807) is 24.3 Å². The Balaban J connectivity index is 2.32. The monoisotopic (exact) mass is 280 g/mol. The van der Waals surface area contributed by atoms with E-state index >= 15 is 0 Å². The number of carbonyl (C=O) groups excluding carboxylic acids is 2. The molecule has 0 N–H and O–H groups in total. The van der Waals surface area contributed by atoms with Gasteiger partial charge < -0.3 is 14.2 Å². The smallest absolute Gasteiger partial charge is 0.344 e. The number of Topliss-reactive ketones (excluding diaryl/α,β-unsaturated/α-hetero) is 1. The molecule has 0 heterocycles. The van der Waals surface area contributed by atoms with E-state index in [0.717, 1.165) is 6.42 Å². The summed E-state index contributed by atoms with van der Waals surface area (Å²) < 4.78 is 15.4. The minimum atomic E-state index is -0.483. The average Bonchev–Trinajstić information content (AvgIpc) is 2.45. The van der Waals surface area contributed by atoms with Crippen LogP contribution in [0.5, 0.6) is 5.75 Å². The SMILES string of the molecule is CCCOCCOC(=O)COc1ccccc1C(C)=O. The first-order valence-electron chi connectivity index (χ1n) is 6.61. The fraction of sp³-hybridized carbons (Fsp3) is 0.467. The van der Waals surface area contributed by atoms with Crippen molar-refractivity contribution in [2.75, 3.05) is 26.4 Å². The molecule has 5 heteroatoms. The van der Waals surface area contributed by atoms with Crippen molar-refractivity contribution in [1.29, 1.82) is 0 Å². The molecule has 0 amide bonds. The standard InChI is InChI=1S/C15H20O5/c1-3-8-18-9-10-19-15(17)11-20-14-7-5-4-6-13(14)12(2)16/h4-7H,3,8-11H2,1-2H3. The molecule has 110 valence electrons. The summed E-state index contributed by atoms with van der Waals surface area (Å²) in [6.07, 6.45) is 0.929. The Morgan fingerprint density at radius 2 is 1.85 bits per heavy atom. The first kappa shape index (κ1) is 16.2. The van der Waals surface area contributed by atoms with Gasteiger partial charge in [0.25, 0.3) is 0 Å². The van der Waals surface area contributed by atoms with Gasteiger partial charge >= 0.3 is 5.97 Å². The van der Waals surface area contributed by atoms with Crippen LogP contribution in [0.2, 0.25) is 0 Å². The van der Waals surface area contributed by atoms with E-state index in [1.165, 1.54) is 6.92 Å². The lowest BCUT2D eigenvalue weighted by molar-refractivity contribution is -0.147. The summed E-state index contributed by atoms with van der Waals surface area (Å²) in [5.41, 5.74) is 0.451. The number of ketones is 1. The van der Waals surface area contributed by atoms with Crippen molar-refractivity contribution in [3.63, 3.8) is 0 Å². The van der Waals surface area contributed by atoms with Crippen LogP contribution in [0.1, 0.15) is 30.6 Å². The maximum atomic E-state index is 11.4. The molecule has 20 heavy (non-hydrogen) atoms. The van der Waals surface area contributed by atoms with Gasteiger partial charge in [-0.25, -0.2) is 4.79 Å². The van der Waals surface area contributed by atoms with E-state index < -0.39 is 5.97 Å². The molecule has 0 radical (unpaired) electrons. The van der Waals surface area contributed by atoms with Crippen LogP contribution in [0.25, 0.3) is 0 Å². The molecule has 0 saturated heterocycles. The van der Waals surface area contributed by atoms with Crippen LogP contribution in [0.15, 0.2) is 24.3 Å². The van der Waals surface area contributed by atoms with Gasteiger partial charge in [-0.2, -0.15) is 0 Å². The molecule has 0 aromatic heterocycles. The fourth-order valence-corrected chi connectivity index (χ4v) is 1.52. The second kappa shape index (κ2) is 9.09.